The van der Waals surface area contributed by atoms with E-state index in [9.17, 15) is 60.7 Å². The number of pyridine rings is 1. The molecule has 36 heavy (non-hydrogen) atoms. The minimum atomic E-state index is -1.73. The first-order valence-corrected chi connectivity index (χ1v) is 9.13. The molecule has 4 rings (SSSR count). The van der Waals surface area contributed by atoms with Gasteiger partial charge in [0.15, 0.2) is 5.52 Å². The maximum Gasteiger partial charge on any atom is 0.450 e. The van der Waals surface area contributed by atoms with Crippen molar-refractivity contribution in [1.82, 2.24) is 4.98 Å². The predicted molar refractivity (Wildman–Crippen MR) is 117 cm³/mol. The summed E-state index contributed by atoms with van der Waals surface area (Å²) >= 11 is 0. The molecule has 0 spiro atoms. The van der Waals surface area contributed by atoms with Gasteiger partial charge < -0.3 is 10.1 Å². The summed E-state index contributed by atoms with van der Waals surface area (Å²) in [6.45, 7) is 0. The second-order valence-electron chi connectivity index (χ2n) is 6.96. The molecule has 4 aromatic rings. The van der Waals surface area contributed by atoms with Gasteiger partial charge in [-0.15, -0.1) is 0 Å². The summed E-state index contributed by atoms with van der Waals surface area (Å²) in [7, 11) is 0. The first-order chi connectivity index (χ1) is 16.9. The maximum atomic E-state index is 12.0. The van der Waals surface area contributed by atoms with Gasteiger partial charge in [-0.05, 0) is 21.4 Å². The van der Waals surface area contributed by atoms with Crippen molar-refractivity contribution < 1.29 is 29.5 Å². The van der Waals surface area contributed by atoms with Crippen molar-refractivity contribution in [2.75, 3.05) is 0 Å². The zero-order valence-corrected chi connectivity index (χ0v) is 16.9. The molecule has 0 bridgehead atoms. The normalized spacial score (nSPS) is 11.0. The zero-order chi connectivity index (χ0) is 26.6. The van der Waals surface area contributed by atoms with E-state index in [0.717, 1.165) is 0 Å². The summed E-state index contributed by atoms with van der Waals surface area (Å²) in [5.74, 6) is -1.55. The molecule has 1 heterocycles. The molecule has 180 valence electrons. The quantitative estimate of drug-likeness (QED) is 0.206. The minimum absolute atomic E-state index is 0.106. The van der Waals surface area contributed by atoms with Crippen molar-refractivity contribution >= 4 is 66.7 Å². The van der Waals surface area contributed by atoms with Crippen molar-refractivity contribution in [2.24, 2.45) is 0 Å². The van der Waals surface area contributed by atoms with Crippen molar-refractivity contribution in [3.8, 4) is 0 Å². The lowest BCUT2D eigenvalue weighted by Gasteiger charge is -2.09. The Morgan fingerprint density at radius 1 is 0.528 bits per heavy atom. The van der Waals surface area contributed by atoms with Crippen molar-refractivity contribution in [3.63, 3.8) is 0 Å². The molecule has 0 fully saturated rings. The topological polar surface area (TPSA) is 272 Å². The average Bonchev–Trinajstić information content (AvgIpc) is 2.80. The van der Waals surface area contributed by atoms with Crippen molar-refractivity contribution in [2.45, 2.75) is 0 Å². The summed E-state index contributed by atoms with van der Waals surface area (Å²) in [6, 6.07) is 5.70. The number of fused-ring (bicyclic) bond motifs is 6. The van der Waals surface area contributed by atoms with E-state index in [2.05, 4.69) is 4.98 Å². The largest absolute Gasteiger partial charge is 0.450 e. The fourth-order valence-electron chi connectivity index (χ4n) is 3.99. The lowest BCUT2D eigenvalue weighted by molar-refractivity contribution is -0.442. The van der Waals surface area contributed by atoms with E-state index in [0.29, 0.717) is 6.07 Å². The number of nitro groups is 6. The van der Waals surface area contributed by atoms with Crippen LogP contribution in [0.15, 0.2) is 30.3 Å². The Morgan fingerprint density at radius 3 is 1.50 bits per heavy atom. The molecule has 0 amide bonds. The van der Waals surface area contributed by atoms with E-state index >= 15 is 0 Å². The highest BCUT2D eigenvalue weighted by molar-refractivity contribution is 6.30. The fourth-order valence-corrected chi connectivity index (χ4v) is 3.99. The van der Waals surface area contributed by atoms with Crippen LogP contribution in [-0.2, 0) is 0 Å². The molecule has 0 saturated heterocycles. The fraction of sp³-hybridized carbons (Fsp3) is 0. The van der Waals surface area contributed by atoms with Crippen LogP contribution in [0, 0.1) is 60.7 Å². The Hall–Kier alpha value is -6.01. The van der Waals surface area contributed by atoms with Crippen LogP contribution >= 0.6 is 0 Å². The van der Waals surface area contributed by atoms with Crippen LogP contribution in [0.5, 0.6) is 0 Å². The third-order valence-electron chi connectivity index (χ3n) is 5.20. The van der Waals surface area contributed by atoms with Gasteiger partial charge in [-0.3, -0.25) is 50.6 Å². The Kier molecular flexibility index (Phi) is 5.01. The minimum Gasteiger partial charge on any atom is -0.358 e. The van der Waals surface area contributed by atoms with E-state index in [1.807, 2.05) is 0 Å². The number of rotatable bonds is 6. The van der Waals surface area contributed by atoms with Crippen molar-refractivity contribution in [1.29, 1.82) is 0 Å². The maximum absolute atomic E-state index is 12.0. The van der Waals surface area contributed by atoms with Crippen LogP contribution < -0.4 is 0 Å². The van der Waals surface area contributed by atoms with Gasteiger partial charge in [0.25, 0.3) is 0 Å². The van der Waals surface area contributed by atoms with Crippen LogP contribution in [0.1, 0.15) is 0 Å². The Balaban J connectivity index is 2.60. The lowest BCUT2D eigenvalue weighted by Crippen LogP contribution is -2.07. The van der Waals surface area contributed by atoms with E-state index in [4.69, 9.17) is 0 Å². The van der Waals surface area contributed by atoms with Gasteiger partial charge in [-0.2, -0.15) is 0 Å². The van der Waals surface area contributed by atoms with Gasteiger partial charge >= 0.3 is 34.3 Å². The number of aromatic nitrogens is 1. The molecule has 0 aliphatic heterocycles. The number of nitrogens with zero attached hydrogens (tertiary/aromatic N) is 7. The first-order valence-electron chi connectivity index (χ1n) is 9.13. The molecule has 0 unspecified atom stereocenters. The first kappa shape index (κ1) is 23.2. The van der Waals surface area contributed by atoms with Crippen LogP contribution in [-0.4, -0.2) is 34.5 Å². The van der Waals surface area contributed by atoms with E-state index < -0.39 is 85.5 Å². The van der Waals surface area contributed by atoms with Gasteiger partial charge in [0, 0.05) is 16.8 Å². The van der Waals surface area contributed by atoms with Crippen LogP contribution in [0.3, 0.4) is 0 Å². The summed E-state index contributed by atoms with van der Waals surface area (Å²) in [6.07, 6.45) is 0. The summed E-state index contributed by atoms with van der Waals surface area (Å²) < 4.78 is 0. The predicted octanol–water partition coefficient (Wildman–Crippen LogP) is 3.99. The van der Waals surface area contributed by atoms with Gasteiger partial charge in [0.1, 0.15) is 5.39 Å². The highest BCUT2D eigenvalue weighted by Crippen LogP contribution is 2.52. The third-order valence-corrected chi connectivity index (χ3v) is 5.20. The molecule has 0 atom stereocenters. The van der Waals surface area contributed by atoms with Gasteiger partial charge in [-0.25, -0.2) is 0 Å². The molecule has 19 heteroatoms. The molecule has 0 aliphatic carbocycles. The summed E-state index contributed by atoms with van der Waals surface area (Å²) in [5.41, 5.74) is -8.57. The number of hydrogen-bond acceptors (Lipinski definition) is 13. The molecule has 0 aliphatic rings. The Labute approximate surface area is 193 Å². The van der Waals surface area contributed by atoms with Gasteiger partial charge in [0.2, 0.25) is 0 Å². The summed E-state index contributed by atoms with van der Waals surface area (Å²) in [5, 5.41) is 67.8. The van der Waals surface area contributed by atoms with E-state index in [1.165, 1.54) is 24.3 Å². The standard InChI is InChI=1S/C17H5N7O12/c25-19(26)9-5-8-6-3-1-2-4-7(6)12-11(10(8)14(21(29)30)13(9)20(27)28)15(22(31)32)16(23(33)34)17(18-12)24(35)36/h1-5H. The number of nitro benzene ring substituents is 3. The molecule has 0 saturated carbocycles. The molecule has 0 N–H and O–H groups in total. The lowest BCUT2D eigenvalue weighted by atomic mass is 9.93. The smallest absolute Gasteiger partial charge is 0.358 e. The summed E-state index contributed by atoms with van der Waals surface area (Å²) in [4.78, 5) is 65.7. The second-order valence-corrected chi connectivity index (χ2v) is 6.96. The van der Waals surface area contributed by atoms with Crippen molar-refractivity contribution in [3.05, 3.63) is 91.0 Å². The monoisotopic (exact) mass is 499 g/mol. The van der Waals surface area contributed by atoms with Crippen LogP contribution in [0.4, 0.5) is 34.3 Å². The molecule has 19 nitrogen and oxygen atoms in total. The SMILES string of the molecule is O=[N+]([O-])c1cc2c3ccccc3c3nc([N+](=O)[O-])c([N+](=O)[O-])c([N+](=O)[O-])c3c2c([N+](=O)[O-])c1[N+](=O)[O-]. The Morgan fingerprint density at radius 2 is 1.03 bits per heavy atom. The highest BCUT2D eigenvalue weighted by atomic mass is 16.7. The zero-order valence-electron chi connectivity index (χ0n) is 16.9. The van der Waals surface area contributed by atoms with Crippen LogP contribution in [0.25, 0.3) is 32.4 Å². The molecular formula is C17H5N7O12. The van der Waals surface area contributed by atoms with Gasteiger partial charge in [-0.1, -0.05) is 18.2 Å². The number of benzene rings is 3. The van der Waals surface area contributed by atoms with Crippen LogP contribution in [0.2, 0.25) is 0 Å². The second kappa shape index (κ2) is 7.79. The number of hydrogen-bond donors (Lipinski definition) is 0. The highest BCUT2D eigenvalue weighted by Gasteiger charge is 2.46. The van der Waals surface area contributed by atoms with E-state index in [1.54, 1.807) is 0 Å². The molecule has 0 radical (unpaired) electrons. The average molecular weight is 499 g/mol. The third kappa shape index (κ3) is 3.11. The molecule has 1 aromatic heterocycles. The van der Waals surface area contributed by atoms with Gasteiger partial charge in [0.05, 0.1) is 30.0 Å². The Bertz CT molecular complexity index is 1640. The molecular weight excluding hydrogens is 494 g/mol. The molecule has 3 aromatic carbocycles. The van der Waals surface area contributed by atoms with E-state index in [-0.39, 0.29) is 10.8 Å².